The quantitative estimate of drug-likeness (QED) is 0.681. The summed E-state index contributed by atoms with van der Waals surface area (Å²) in [4.78, 5) is 20.7. The molecule has 3 aromatic rings. The molecule has 4 nitrogen and oxygen atoms in total. The van der Waals surface area contributed by atoms with E-state index in [0.717, 1.165) is 33.0 Å². The van der Waals surface area contributed by atoms with Crippen LogP contribution in [0.2, 0.25) is 0 Å². The number of likely N-dealkylation sites (N-methyl/N-ethyl adjacent to an activating group) is 1. The van der Waals surface area contributed by atoms with Gasteiger partial charge in [0, 0.05) is 6.08 Å². The molecule has 1 heterocycles. The summed E-state index contributed by atoms with van der Waals surface area (Å²) in [6.45, 7) is 3.55. The first-order chi connectivity index (χ1) is 12.5. The molecular weight excluding hydrogens is 342 g/mol. The molecule has 0 fully saturated rings. The molecule has 1 aromatic heterocycles. The minimum atomic E-state index is -0.0354. The van der Waals surface area contributed by atoms with Crippen LogP contribution in [0.15, 0.2) is 54.6 Å². The summed E-state index contributed by atoms with van der Waals surface area (Å²) in [5.41, 5.74) is 3.13. The molecule has 1 amide bonds. The monoisotopic (exact) mass is 366 g/mol. The summed E-state index contributed by atoms with van der Waals surface area (Å²) in [5.74, 6) is -0.0354. The van der Waals surface area contributed by atoms with Gasteiger partial charge in [0.15, 0.2) is 5.13 Å². The maximum atomic E-state index is 12.9. The molecule has 0 bridgehead atoms. The second-order valence-corrected chi connectivity index (χ2v) is 7.62. The molecule has 0 spiro atoms. The minimum absolute atomic E-state index is 0.0354. The number of aromatic nitrogens is 1. The van der Waals surface area contributed by atoms with Crippen LogP contribution in [0.4, 0.5) is 5.13 Å². The van der Waals surface area contributed by atoms with Gasteiger partial charge < -0.3 is 4.90 Å². The van der Waals surface area contributed by atoms with Crippen LogP contribution in [-0.4, -0.2) is 38.1 Å². The molecule has 0 aliphatic rings. The van der Waals surface area contributed by atoms with Crippen molar-refractivity contribution in [2.75, 3.05) is 32.1 Å². The van der Waals surface area contributed by atoms with Crippen LogP contribution in [-0.2, 0) is 4.79 Å². The number of amides is 1. The number of anilines is 1. The second kappa shape index (κ2) is 8.25. The van der Waals surface area contributed by atoms with Crippen molar-refractivity contribution in [1.82, 2.24) is 4.98 Å². The first kappa shape index (κ1) is 18.3. The maximum Gasteiger partial charge on any atom is 0.252 e. The average molecular weight is 367 g/mol. The van der Waals surface area contributed by atoms with Gasteiger partial charge in [0.05, 0.1) is 37.4 Å². The smallest absolute Gasteiger partial charge is 0.252 e. The van der Waals surface area contributed by atoms with Gasteiger partial charge in [-0.1, -0.05) is 53.8 Å². The van der Waals surface area contributed by atoms with Crippen LogP contribution < -0.4 is 9.80 Å². The molecule has 0 saturated heterocycles. The molecule has 1 N–H and O–H groups in total. The van der Waals surface area contributed by atoms with Gasteiger partial charge >= 0.3 is 0 Å². The van der Waals surface area contributed by atoms with E-state index in [2.05, 4.69) is 33.2 Å². The van der Waals surface area contributed by atoms with Crippen molar-refractivity contribution in [2.24, 2.45) is 0 Å². The van der Waals surface area contributed by atoms with Gasteiger partial charge in [-0.2, -0.15) is 0 Å². The van der Waals surface area contributed by atoms with E-state index in [4.69, 9.17) is 4.98 Å². The van der Waals surface area contributed by atoms with Crippen LogP contribution in [0, 0.1) is 6.92 Å². The van der Waals surface area contributed by atoms with Gasteiger partial charge in [-0.25, -0.2) is 4.98 Å². The van der Waals surface area contributed by atoms with Crippen molar-refractivity contribution in [1.29, 1.82) is 0 Å². The second-order valence-electron chi connectivity index (χ2n) is 6.61. The lowest BCUT2D eigenvalue weighted by Crippen LogP contribution is -3.06. The Bertz CT molecular complexity index is 915. The standard InChI is InChI=1S/C21H23N3OS/c1-16-8-7-11-18-20(16)22-21(26-18)24(15-14-23(2)3)19(25)13-12-17-9-5-4-6-10-17/h4-13H,14-15H2,1-3H3/p+1/b13-12+. The van der Waals surface area contributed by atoms with E-state index in [9.17, 15) is 4.79 Å². The maximum absolute atomic E-state index is 12.9. The Hall–Kier alpha value is -2.50. The number of hydrogen-bond acceptors (Lipinski definition) is 3. The normalized spacial score (nSPS) is 11.5. The number of thiazole rings is 1. The van der Waals surface area contributed by atoms with E-state index in [1.807, 2.05) is 42.5 Å². The van der Waals surface area contributed by atoms with Crippen LogP contribution in [0.5, 0.6) is 0 Å². The summed E-state index contributed by atoms with van der Waals surface area (Å²) < 4.78 is 1.11. The Kier molecular flexibility index (Phi) is 5.81. The number of rotatable bonds is 6. The molecule has 0 unspecified atom stereocenters. The van der Waals surface area contributed by atoms with Crippen LogP contribution in [0.25, 0.3) is 16.3 Å². The third-order valence-corrected chi connectivity index (χ3v) is 5.20. The molecule has 3 rings (SSSR count). The number of hydrogen-bond donors (Lipinski definition) is 1. The van der Waals surface area contributed by atoms with Gasteiger partial charge in [-0.05, 0) is 30.2 Å². The zero-order valence-electron chi connectivity index (χ0n) is 15.4. The van der Waals surface area contributed by atoms with Crippen LogP contribution >= 0.6 is 11.3 Å². The highest BCUT2D eigenvalue weighted by Gasteiger charge is 2.19. The number of quaternary nitrogens is 1. The molecule has 0 aliphatic heterocycles. The fourth-order valence-corrected chi connectivity index (χ4v) is 3.72. The predicted octanol–water partition coefficient (Wildman–Crippen LogP) is 2.80. The number of carbonyl (C=O) groups excluding carboxylic acids is 1. The molecule has 0 aliphatic carbocycles. The van der Waals surface area contributed by atoms with Crippen molar-refractivity contribution in [3.63, 3.8) is 0 Å². The van der Waals surface area contributed by atoms with Crippen molar-refractivity contribution >= 4 is 38.7 Å². The van der Waals surface area contributed by atoms with Crippen molar-refractivity contribution < 1.29 is 9.69 Å². The Morgan fingerprint density at radius 3 is 2.62 bits per heavy atom. The topological polar surface area (TPSA) is 37.6 Å². The Labute approximate surface area is 158 Å². The molecule has 5 heteroatoms. The number of para-hydroxylation sites is 1. The highest BCUT2D eigenvalue weighted by molar-refractivity contribution is 7.22. The van der Waals surface area contributed by atoms with E-state index in [1.54, 1.807) is 22.3 Å². The van der Waals surface area contributed by atoms with E-state index in [0.29, 0.717) is 6.54 Å². The number of benzene rings is 2. The lowest BCUT2D eigenvalue weighted by Gasteiger charge is -2.19. The average Bonchev–Trinajstić information content (AvgIpc) is 3.06. The van der Waals surface area contributed by atoms with Gasteiger partial charge in [-0.3, -0.25) is 9.69 Å². The van der Waals surface area contributed by atoms with E-state index in [1.165, 1.54) is 4.90 Å². The zero-order chi connectivity index (χ0) is 18.5. The Balaban J connectivity index is 1.89. The van der Waals surface area contributed by atoms with E-state index >= 15 is 0 Å². The van der Waals surface area contributed by atoms with Crippen molar-refractivity contribution in [2.45, 2.75) is 6.92 Å². The number of fused-ring (bicyclic) bond motifs is 1. The third-order valence-electron chi connectivity index (χ3n) is 4.16. The van der Waals surface area contributed by atoms with E-state index in [-0.39, 0.29) is 5.91 Å². The summed E-state index contributed by atoms with van der Waals surface area (Å²) in [7, 11) is 4.18. The molecule has 2 aromatic carbocycles. The highest BCUT2D eigenvalue weighted by Crippen LogP contribution is 2.30. The first-order valence-corrected chi connectivity index (χ1v) is 9.56. The minimum Gasteiger partial charge on any atom is -0.338 e. The first-order valence-electron chi connectivity index (χ1n) is 8.74. The number of nitrogens with one attached hydrogen (secondary N) is 1. The van der Waals surface area contributed by atoms with Gasteiger partial charge in [0.25, 0.3) is 5.91 Å². The molecule has 134 valence electrons. The molecule has 0 atom stereocenters. The number of aryl methyl sites for hydroxylation is 1. The highest BCUT2D eigenvalue weighted by atomic mass is 32.1. The Morgan fingerprint density at radius 1 is 1.15 bits per heavy atom. The summed E-state index contributed by atoms with van der Waals surface area (Å²) in [6, 6.07) is 16.0. The largest absolute Gasteiger partial charge is 0.338 e. The Morgan fingerprint density at radius 2 is 1.92 bits per heavy atom. The SMILES string of the molecule is Cc1cccc2sc(N(CC[NH+](C)C)C(=O)/C=C/c3ccccc3)nc12. The summed E-state index contributed by atoms with van der Waals surface area (Å²) in [5, 5.41) is 0.762. The van der Waals surface area contributed by atoms with Crippen molar-refractivity contribution in [3.05, 3.63) is 65.7 Å². The molecule has 0 saturated carbocycles. The van der Waals surface area contributed by atoms with Crippen LogP contribution in [0.1, 0.15) is 11.1 Å². The van der Waals surface area contributed by atoms with E-state index < -0.39 is 0 Å². The lowest BCUT2D eigenvalue weighted by molar-refractivity contribution is -0.856. The van der Waals surface area contributed by atoms with Gasteiger partial charge in [-0.15, -0.1) is 0 Å². The molecular formula is C21H24N3OS+. The molecule has 0 radical (unpaired) electrons. The number of carbonyl (C=O) groups is 1. The number of nitrogens with zero attached hydrogens (tertiary/aromatic N) is 2. The fraction of sp³-hybridized carbons (Fsp3) is 0.238. The lowest BCUT2D eigenvalue weighted by atomic mass is 10.2. The van der Waals surface area contributed by atoms with Crippen molar-refractivity contribution in [3.8, 4) is 0 Å². The predicted molar refractivity (Wildman–Crippen MR) is 110 cm³/mol. The van der Waals surface area contributed by atoms with Gasteiger partial charge in [0.1, 0.15) is 0 Å². The summed E-state index contributed by atoms with van der Waals surface area (Å²) in [6.07, 6.45) is 3.50. The van der Waals surface area contributed by atoms with Gasteiger partial charge in [0.2, 0.25) is 0 Å². The fourth-order valence-electron chi connectivity index (χ4n) is 2.65. The molecule has 26 heavy (non-hydrogen) atoms. The zero-order valence-corrected chi connectivity index (χ0v) is 16.2. The summed E-state index contributed by atoms with van der Waals surface area (Å²) >= 11 is 1.57. The third kappa shape index (κ3) is 4.36. The van der Waals surface area contributed by atoms with Crippen LogP contribution in [0.3, 0.4) is 0 Å².